The average Bonchev–Trinajstić information content (AvgIpc) is 2.40. The maximum Gasteiger partial charge on any atom is 0.191 e. The Hall–Kier alpha value is -0.730. The second-order valence-electron chi connectivity index (χ2n) is 5.52. The van der Waals surface area contributed by atoms with Crippen LogP contribution in [0, 0.1) is 0 Å². The van der Waals surface area contributed by atoms with E-state index in [1.54, 1.807) is 0 Å². The molecular weight excluding hydrogens is 222 g/mol. The van der Waals surface area contributed by atoms with E-state index in [1.807, 2.05) is 0 Å². The maximum absolute atomic E-state index is 4.69. The monoisotopic (exact) mass is 253 g/mol. The van der Waals surface area contributed by atoms with E-state index in [9.17, 15) is 0 Å². The summed E-state index contributed by atoms with van der Waals surface area (Å²) in [5.74, 6) is 1.03. The highest BCUT2D eigenvalue weighted by molar-refractivity contribution is 5.80. The van der Waals surface area contributed by atoms with Crippen LogP contribution in [-0.4, -0.2) is 24.6 Å². The third kappa shape index (κ3) is 6.27. The van der Waals surface area contributed by atoms with Crippen molar-refractivity contribution < 1.29 is 0 Å². The van der Waals surface area contributed by atoms with Gasteiger partial charge in [0.1, 0.15) is 0 Å². The lowest BCUT2D eigenvalue weighted by Crippen LogP contribution is -2.47. The standard InChI is InChI=1S/C15H31N3/c1-4-6-12-16-15(17-13(3)5-2)18-14-10-8-7-9-11-14/h13-14H,4-12H2,1-3H3,(H2,16,17,18). The van der Waals surface area contributed by atoms with Gasteiger partial charge in [-0.05, 0) is 32.6 Å². The van der Waals surface area contributed by atoms with Crippen LogP contribution in [0.4, 0.5) is 0 Å². The minimum Gasteiger partial charge on any atom is -0.354 e. The van der Waals surface area contributed by atoms with Gasteiger partial charge in [-0.2, -0.15) is 0 Å². The van der Waals surface area contributed by atoms with E-state index < -0.39 is 0 Å². The predicted octanol–water partition coefficient (Wildman–Crippen LogP) is 3.45. The van der Waals surface area contributed by atoms with E-state index in [0.29, 0.717) is 12.1 Å². The highest BCUT2D eigenvalue weighted by Crippen LogP contribution is 2.17. The number of nitrogens with zero attached hydrogens (tertiary/aromatic N) is 1. The summed E-state index contributed by atoms with van der Waals surface area (Å²) in [6.45, 7) is 7.58. The summed E-state index contributed by atoms with van der Waals surface area (Å²) in [5, 5.41) is 7.13. The smallest absolute Gasteiger partial charge is 0.191 e. The second kappa shape index (κ2) is 9.23. The van der Waals surface area contributed by atoms with Crippen LogP contribution in [0.15, 0.2) is 4.99 Å². The van der Waals surface area contributed by atoms with E-state index >= 15 is 0 Å². The molecule has 18 heavy (non-hydrogen) atoms. The van der Waals surface area contributed by atoms with Crippen LogP contribution in [-0.2, 0) is 0 Å². The van der Waals surface area contributed by atoms with Crippen molar-refractivity contribution >= 4 is 5.96 Å². The molecule has 1 atom stereocenters. The number of rotatable bonds is 6. The summed E-state index contributed by atoms with van der Waals surface area (Å²) in [7, 11) is 0. The van der Waals surface area contributed by atoms with Gasteiger partial charge in [-0.3, -0.25) is 4.99 Å². The molecule has 1 saturated carbocycles. The summed E-state index contributed by atoms with van der Waals surface area (Å²) in [4.78, 5) is 4.69. The minimum absolute atomic E-state index is 0.501. The number of unbranched alkanes of at least 4 members (excludes halogenated alkanes) is 1. The first-order valence-electron chi connectivity index (χ1n) is 7.83. The molecule has 106 valence electrons. The minimum atomic E-state index is 0.501. The summed E-state index contributed by atoms with van der Waals surface area (Å²) >= 11 is 0. The SMILES string of the molecule is CCCCN=C(NC(C)CC)NC1CCCCC1. The molecule has 1 aliphatic rings. The molecule has 3 nitrogen and oxygen atoms in total. The number of hydrogen-bond donors (Lipinski definition) is 2. The van der Waals surface area contributed by atoms with Gasteiger partial charge < -0.3 is 10.6 Å². The Morgan fingerprint density at radius 3 is 2.56 bits per heavy atom. The highest BCUT2D eigenvalue weighted by Gasteiger charge is 2.15. The fourth-order valence-corrected chi connectivity index (χ4v) is 2.26. The Bertz CT molecular complexity index is 232. The van der Waals surface area contributed by atoms with Crippen molar-refractivity contribution in [2.24, 2.45) is 4.99 Å². The zero-order valence-electron chi connectivity index (χ0n) is 12.5. The molecule has 0 aromatic rings. The molecular formula is C15H31N3. The summed E-state index contributed by atoms with van der Waals surface area (Å²) in [5.41, 5.74) is 0. The summed E-state index contributed by atoms with van der Waals surface area (Å²) < 4.78 is 0. The van der Waals surface area contributed by atoms with Crippen LogP contribution >= 0.6 is 0 Å². The Morgan fingerprint density at radius 1 is 1.22 bits per heavy atom. The van der Waals surface area contributed by atoms with Gasteiger partial charge in [-0.1, -0.05) is 39.5 Å². The van der Waals surface area contributed by atoms with Crippen LogP contribution in [0.3, 0.4) is 0 Å². The summed E-state index contributed by atoms with van der Waals surface area (Å²) in [6, 6.07) is 1.14. The number of guanidine groups is 1. The first-order chi connectivity index (χ1) is 8.76. The van der Waals surface area contributed by atoms with Crippen molar-refractivity contribution in [3.8, 4) is 0 Å². The molecule has 0 spiro atoms. The van der Waals surface area contributed by atoms with E-state index in [2.05, 4.69) is 36.4 Å². The van der Waals surface area contributed by atoms with Crippen LogP contribution in [0.25, 0.3) is 0 Å². The Morgan fingerprint density at radius 2 is 1.94 bits per heavy atom. The van der Waals surface area contributed by atoms with Gasteiger partial charge in [-0.15, -0.1) is 0 Å². The molecule has 0 heterocycles. The van der Waals surface area contributed by atoms with Crippen LogP contribution in [0.5, 0.6) is 0 Å². The molecule has 0 radical (unpaired) electrons. The predicted molar refractivity (Wildman–Crippen MR) is 80.1 cm³/mol. The van der Waals surface area contributed by atoms with E-state index in [1.165, 1.54) is 44.9 Å². The fraction of sp³-hybridized carbons (Fsp3) is 0.933. The third-order valence-electron chi connectivity index (χ3n) is 3.72. The zero-order chi connectivity index (χ0) is 13.2. The number of hydrogen-bond acceptors (Lipinski definition) is 1. The lowest BCUT2D eigenvalue weighted by Gasteiger charge is -2.26. The summed E-state index contributed by atoms with van der Waals surface area (Å²) in [6.07, 6.45) is 10.3. The molecule has 1 rings (SSSR count). The molecule has 3 heteroatoms. The molecule has 0 saturated heterocycles. The van der Waals surface area contributed by atoms with Gasteiger partial charge in [0.05, 0.1) is 0 Å². The van der Waals surface area contributed by atoms with Crippen LogP contribution in [0.1, 0.15) is 72.1 Å². The molecule has 0 amide bonds. The van der Waals surface area contributed by atoms with Crippen molar-refractivity contribution in [3.63, 3.8) is 0 Å². The van der Waals surface area contributed by atoms with Gasteiger partial charge in [0, 0.05) is 18.6 Å². The van der Waals surface area contributed by atoms with E-state index in [-0.39, 0.29) is 0 Å². The van der Waals surface area contributed by atoms with Gasteiger partial charge in [0.25, 0.3) is 0 Å². The van der Waals surface area contributed by atoms with Crippen molar-refractivity contribution in [3.05, 3.63) is 0 Å². The Kier molecular flexibility index (Phi) is 7.86. The van der Waals surface area contributed by atoms with Crippen molar-refractivity contribution in [1.82, 2.24) is 10.6 Å². The lowest BCUT2D eigenvalue weighted by atomic mass is 9.96. The molecule has 1 aliphatic carbocycles. The van der Waals surface area contributed by atoms with Crippen molar-refractivity contribution in [1.29, 1.82) is 0 Å². The highest BCUT2D eigenvalue weighted by atomic mass is 15.2. The molecule has 0 aromatic carbocycles. The van der Waals surface area contributed by atoms with E-state index in [4.69, 9.17) is 0 Å². The normalized spacial score (nSPS) is 19.6. The van der Waals surface area contributed by atoms with Crippen LogP contribution < -0.4 is 10.6 Å². The zero-order valence-corrected chi connectivity index (χ0v) is 12.5. The average molecular weight is 253 g/mol. The molecule has 0 aromatic heterocycles. The maximum atomic E-state index is 4.69. The topological polar surface area (TPSA) is 36.4 Å². The van der Waals surface area contributed by atoms with E-state index in [0.717, 1.165) is 18.9 Å². The Balaban J connectivity index is 2.44. The largest absolute Gasteiger partial charge is 0.354 e. The number of aliphatic imine (C=N–C) groups is 1. The molecule has 0 aliphatic heterocycles. The van der Waals surface area contributed by atoms with Gasteiger partial charge >= 0.3 is 0 Å². The third-order valence-corrected chi connectivity index (χ3v) is 3.72. The first-order valence-corrected chi connectivity index (χ1v) is 7.83. The van der Waals surface area contributed by atoms with Gasteiger partial charge in [0.2, 0.25) is 0 Å². The molecule has 2 N–H and O–H groups in total. The van der Waals surface area contributed by atoms with Gasteiger partial charge in [-0.25, -0.2) is 0 Å². The molecule has 1 unspecified atom stereocenters. The molecule has 1 fully saturated rings. The van der Waals surface area contributed by atoms with Crippen LogP contribution in [0.2, 0.25) is 0 Å². The quantitative estimate of drug-likeness (QED) is 0.432. The Labute approximate surface area is 113 Å². The van der Waals surface area contributed by atoms with Crippen molar-refractivity contribution in [2.75, 3.05) is 6.54 Å². The van der Waals surface area contributed by atoms with Crippen molar-refractivity contribution in [2.45, 2.75) is 84.2 Å². The van der Waals surface area contributed by atoms with Gasteiger partial charge in [0.15, 0.2) is 5.96 Å². The fourth-order valence-electron chi connectivity index (χ4n) is 2.26. The lowest BCUT2D eigenvalue weighted by molar-refractivity contribution is 0.408. The molecule has 0 bridgehead atoms. The first kappa shape index (κ1) is 15.3. The second-order valence-corrected chi connectivity index (χ2v) is 5.52. The number of nitrogens with one attached hydrogen (secondary N) is 2.